The Kier molecular flexibility index (Phi) is 6.77. The third kappa shape index (κ3) is 4.19. The van der Waals surface area contributed by atoms with Gasteiger partial charge in [-0.15, -0.1) is 23.1 Å². The average Bonchev–Trinajstić information content (AvgIpc) is 3.15. The molecule has 0 bridgehead atoms. The number of β-lactam (4-membered cyclic amide) rings is 1. The Morgan fingerprint density at radius 3 is 2.90 bits per heavy atom. The summed E-state index contributed by atoms with van der Waals surface area (Å²) in [5.41, 5.74) is 6.26. The van der Waals surface area contributed by atoms with Crippen LogP contribution in [0.15, 0.2) is 34.0 Å². The normalized spacial score (nSPS) is 21.5. The predicted octanol–water partition coefficient (Wildman–Crippen LogP) is 1.17. The van der Waals surface area contributed by atoms with Crippen LogP contribution in [-0.2, 0) is 19.2 Å². The molecule has 0 spiro atoms. The maximum absolute atomic E-state index is 12.7. The second-order valence-electron chi connectivity index (χ2n) is 6.42. The highest BCUT2D eigenvalue weighted by Crippen LogP contribution is 2.40. The molecule has 2 atom stereocenters. The molecule has 160 valence electrons. The van der Waals surface area contributed by atoms with Crippen LogP contribution in [-0.4, -0.2) is 62.8 Å². The van der Waals surface area contributed by atoms with Crippen molar-refractivity contribution in [2.75, 3.05) is 18.6 Å². The number of nitrogens with one attached hydrogen (secondary N) is 1. The molecule has 2 aliphatic heterocycles. The number of fused-ring (bicyclic) bond motifs is 1. The van der Waals surface area contributed by atoms with E-state index in [-0.39, 0.29) is 22.2 Å². The Hall–Kier alpha value is -2.86. The zero-order chi connectivity index (χ0) is 21.8. The van der Waals surface area contributed by atoms with Crippen molar-refractivity contribution < 1.29 is 24.3 Å². The minimum absolute atomic E-state index is 0.0420. The number of carboxylic acid groups (broad SMARTS) is 1. The Morgan fingerprint density at radius 1 is 1.53 bits per heavy atom. The van der Waals surface area contributed by atoms with Gasteiger partial charge < -0.3 is 21.0 Å². The Morgan fingerprint density at radius 2 is 2.30 bits per heavy atom. The van der Waals surface area contributed by atoms with E-state index in [1.165, 1.54) is 23.8 Å². The number of allylic oxidation sites excluding steroid dienone is 2. The molecule has 2 amide bonds. The van der Waals surface area contributed by atoms with E-state index in [0.29, 0.717) is 11.3 Å². The number of hydrogen-bond donors (Lipinski definition) is 3. The van der Waals surface area contributed by atoms with Gasteiger partial charge in [-0.1, -0.05) is 30.7 Å². The maximum Gasteiger partial charge on any atom is 0.352 e. The van der Waals surface area contributed by atoms with Gasteiger partial charge in [0.1, 0.15) is 29.9 Å². The van der Waals surface area contributed by atoms with Crippen molar-refractivity contribution in [1.29, 1.82) is 0 Å². The van der Waals surface area contributed by atoms with E-state index in [1.54, 1.807) is 11.5 Å². The van der Waals surface area contributed by atoms with Crippen LogP contribution in [0.25, 0.3) is 0 Å². The number of carbonyl (C=O) groups excluding carboxylic acids is 2. The van der Waals surface area contributed by atoms with Crippen LogP contribution in [0.1, 0.15) is 25.5 Å². The lowest BCUT2D eigenvalue weighted by Crippen LogP contribution is -2.71. The van der Waals surface area contributed by atoms with Crippen LogP contribution >= 0.6 is 23.1 Å². The van der Waals surface area contributed by atoms with Crippen molar-refractivity contribution in [1.82, 2.24) is 15.2 Å². The van der Waals surface area contributed by atoms with E-state index in [4.69, 9.17) is 10.6 Å². The molecule has 0 aromatic carbocycles. The highest BCUT2D eigenvalue weighted by Gasteiger charge is 2.54. The van der Waals surface area contributed by atoms with Gasteiger partial charge in [0.2, 0.25) is 0 Å². The number of aliphatic carboxylic acids is 1. The topological polar surface area (TPSA) is 147 Å². The number of aromatic nitrogens is 1. The number of amides is 2. The molecule has 3 rings (SSSR count). The van der Waals surface area contributed by atoms with Crippen molar-refractivity contribution in [2.24, 2.45) is 5.16 Å². The SMILES string of the molecule is CCC/C=C/C1=C(C(=O)O)N2C(=O)C(NC(=O)/C(=N\OC)c3csc(N)n3)C2SC1. The molecule has 10 nitrogen and oxygen atoms in total. The number of carboxylic acids is 1. The zero-order valence-corrected chi connectivity index (χ0v) is 18.0. The monoisotopic (exact) mass is 451 g/mol. The summed E-state index contributed by atoms with van der Waals surface area (Å²) in [6, 6.07) is -0.879. The fraction of sp³-hybridized carbons (Fsp3) is 0.389. The third-order valence-electron chi connectivity index (χ3n) is 4.42. The first-order chi connectivity index (χ1) is 14.4. The number of nitrogen functional groups attached to an aromatic ring is 1. The van der Waals surface area contributed by atoms with Crippen molar-refractivity contribution in [2.45, 2.75) is 31.2 Å². The second kappa shape index (κ2) is 9.30. The van der Waals surface area contributed by atoms with E-state index < -0.39 is 29.2 Å². The molecule has 1 aromatic heterocycles. The molecule has 0 radical (unpaired) electrons. The van der Waals surface area contributed by atoms with Crippen molar-refractivity contribution in [3.05, 3.63) is 34.5 Å². The first kappa shape index (κ1) is 21.8. The molecule has 0 saturated carbocycles. The van der Waals surface area contributed by atoms with Crippen LogP contribution < -0.4 is 11.1 Å². The summed E-state index contributed by atoms with van der Waals surface area (Å²) in [5, 5.41) is 17.3. The van der Waals surface area contributed by atoms with Crippen LogP contribution in [0.3, 0.4) is 0 Å². The van der Waals surface area contributed by atoms with E-state index in [1.807, 2.05) is 13.0 Å². The van der Waals surface area contributed by atoms with Crippen LogP contribution in [0.2, 0.25) is 0 Å². The Labute approximate surface area is 180 Å². The Bertz CT molecular complexity index is 955. The number of hydrogen-bond acceptors (Lipinski definition) is 9. The standard InChI is InChI=1S/C18H21N5O5S2/c1-3-4-5-6-9-7-29-16-12(15(25)23(16)13(9)17(26)27)21-14(24)11(22-28-2)10-8-30-18(19)20-10/h5-6,8,12,16H,3-4,7H2,1-2H3,(H2,19,20)(H,21,24)(H,26,27)/b6-5+,22-11-. The molecule has 30 heavy (non-hydrogen) atoms. The van der Waals surface area contributed by atoms with Crippen molar-refractivity contribution in [3.8, 4) is 0 Å². The van der Waals surface area contributed by atoms with Gasteiger partial charge in [-0.2, -0.15) is 0 Å². The molecule has 3 heterocycles. The third-order valence-corrected chi connectivity index (χ3v) is 6.40. The molecule has 0 aliphatic carbocycles. The summed E-state index contributed by atoms with van der Waals surface area (Å²) in [5.74, 6) is -1.90. The molecule has 1 saturated heterocycles. The van der Waals surface area contributed by atoms with Crippen LogP contribution in [0, 0.1) is 0 Å². The lowest BCUT2D eigenvalue weighted by atomic mass is 10.0. The lowest BCUT2D eigenvalue weighted by Gasteiger charge is -2.49. The highest BCUT2D eigenvalue weighted by atomic mass is 32.2. The number of unbranched alkanes of at least 4 members (excludes halogenated alkanes) is 1. The van der Waals surface area contributed by atoms with Gasteiger partial charge in [-0.25, -0.2) is 9.78 Å². The largest absolute Gasteiger partial charge is 0.477 e. The van der Waals surface area contributed by atoms with Crippen LogP contribution in [0.5, 0.6) is 0 Å². The number of oxime groups is 1. The van der Waals surface area contributed by atoms with Gasteiger partial charge in [0.05, 0.1) is 0 Å². The van der Waals surface area contributed by atoms with Gasteiger partial charge in [0.15, 0.2) is 10.8 Å². The molecule has 1 fully saturated rings. The lowest BCUT2D eigenvalue weighted by molar-refractivity contribution is -0.150. The average molecular weight is 452 g/mol. The number of thiazole rings is 1. The minimum atomic E-state index is -1.17. The van der Waals surface area contributed by atoms with Gasteiger partial charge in [0, 0.05) is 11.1 Å². The summed E-state index contributed by atoms with van der Waals surface area (Å²) in [6.07, 6.45) is 5.41. The van der Waals surface area contributed by atoms with Crippen molar-refractivity contribution >= 4 is 51.7 Å². The zero-order valence-electron chi connectivity index (χ0n) is 16.3. The van der Waals surface area contributed by atoms with Crippen LogP contribution in [0.4, 0.5) is 5.13 Å². The van der Waals surface area contributed by atoms with E-state index >= 15 is 0 Å². The molecular weight excluding hydrogens is 430 g/mol. The van der Waals surface area contributed by atoms with Gasteiger partial charge in [0.25, 0.3) is 11.8 Å². The van der Waals surface area contributed by atoms with E-state index in [0.717, 1.165) is 24.2 Å². The van der Waals surface area contributed by atoms with Crippen molar-refractivity contribution in [3.63, 3.8) is 0 Å². The van der Waals surface area contributed by atoms with Gasteiger partial charge in [-0.05, 0) is 12.0 Å². The molecule has 2 unspecified atom stereocenters. The smallest absolute Gasteiger partial charge is 0.352 e. The molecular formula is C18H21N5O5S2. The molecule has 1 aromatic rings. The number of rotatable bonds is 8. The van der Waals surface area contributed by atoms with Gasteiger partial charge >= 0.3 is 5.97 Å². The minimum Gasteiger partial charge on any atom is -0.477 e. The first-order valence-corrected chi connectivity index (χ1v) is 11.0. The molecule has 4 N–H and O–H groups in total. The predicted molar refractivity (Wildman–Crippen MR) is 114 cm³/mol. The number of nitrogens with zero attached hydrogens (tertiary/aromatic N) is 3. The number of nitrogens with two attached hydrogens (primary N) is 1. The Balaban J connectivity index is 1.78. The number of thioether (sulfide) groups is 1. The molecule has 12 heteroatoms. The second-order valence-corrected chi connectivity index (χ2v) is 8.42. The fourth-order valence-electron chi connectivity index (χ4n) is 3.07. The summed E-state index contributed by atoms with van der Waals surface area (Å²) in [7, 11) is 1.29. The maximum atomic E-state index is 12.7. The quantitative estimate of drug-likeness (QED) is 0.303. The summed E-state index contributed by atoms with van der Waals surface area (Å²) < 4.78 is 0. The fourth-order valence-corrected chi connectivity index (χ4v) is 4.93. The highest BCUT2D eigenvalue weighted by molar-refractivity contribution is 8.00. The summed E-state index contributed by atoms with van der Waals surface area (Å²) in [6.45, 7) is 2.02. The molecule has 2 aliphatic rings. The number of carbonyl (C=O) groups is 3. The van der Waals surface area contributed by atoms with Gasteiger partial charge in [-0.3, -0.25) is 14.5 Å². The summed E-state index contributed by atoms with van der Waals surface area (Å²) in [4.78, 5) is 47.2. The first-order valence-electron chi connectivity index (χ1n) is 9.10. The summed E-state index contributed by atoms with van der Waals surface area (Å²) >= 11 is 2.53. The van der Waals surface area contributed by atoms with E-state index in [2.05, 4.69) is 15.5 Å². The number of anilines is 1. The van der Waals surface area contributed by atoms with E-state index in [9.17, 15) is 19.5 Å².